The molecule has 2 N–H and O–H groups in total. The highest BCUT2D eigenvalue weighted by Gasteiger charge is 2.16. The van der Waals surface area contributed by atoms with Gasteiger partial charge in [0.2, 0.25) is 0 Å². The maximum atomic E-state index is 12.2. The Morgan fingerprint density at radius 1 is 1.35 bits per heavy atom. The molecule has 0 aliphatic rings. The van der Waals surface area contributed by atoms with Crippen molar-refractivity contribution in [2.24, 2.45) is 17.6 Å². The van der Waals surface area contributed by atoms with Crippen molar-refractivity contribution in [3.63, 3.8) is 0 Å². The number of fused-ring (bicyclic) bond motifs is 1. The predicted octanol–water partition coefficient (Wildman–Crippen LogP) is 3.42. The number of para-hydroxylation sites is 1. The van der Waals surface area contributed by atoms with Crippen molar-refractivity contribution in [1.29, 1.82) is 0 Å². The minimum Gasteiger partial charge on any atom is -0.330 e. The number of Topliss-reactive ketones (excluding diaryl/α,β-unsaturated/α-hetero) is 1. The molecule has 0 fully saturated rings. The van der Waals surface area contributed by atoms with Gasteiger partial charge in [-0.25, -0.2) is 4.98 Å². The number of thiazole rings is 1. The minimum atomic E-state index is 0.250. The maximum Gasteiger partial charge on any atom is 0.140 e. The molecular weight excluding hydrogens is 268 g/mol. The quantitative estimate of drug-likeness (QED) is 0.850. The Labute approximate surface area is 124 Å². The van der Waals surface area contributed by atoms with E-state index < -0.39 is 0 Å². The molecule has 1 atom stereocenters. The number of benzene rings is 1. The van der Waals surface area contributed by atoms with Crippen LogP contribution in [0.25, 0.3) is 10.2 Å². The average Bonchev–Trinajstić information content (AvgIpc) is 2.79. The molecule has 1 unspecified atom stereocenters. The number of hydrogen-bond donors (Lipinski definition) is 1. The molecule has 1 heterocycles. The zero-order valence-electron chi connectivity index (χ0n) is 12.1. The second kappa shape index (κ2) is 6.95. The van der Waals surface area contributed by atoms with Crippen molar-refractivity contribution in [3.8, 4) is 0 Å². The number of nitrogens with two attached hydrogens (primary N) is 1. The molecule has 2 rings (SSSR count). The van der Waals surface area contributed by atoms with Crippen LogP contribution in [0, 0.1) is 11.8 Å². The van der Waals surface area contributed by atoms with Crippen LogP contribution in [0.15, 0.2) is 24.3 Å². The summed E-state index contributed by atoms with van der Waals surface area (Å²) in [6.07, 6.45) is 2.03. The van der Waals surface area contributed by atoms with E-state index in [1.54, 1.807) is 11.3 Å². The van der Waals surface area contributed by atoms with E-state index in [0.717, 1.165) is 21.6 Å². The van der Waals surface area contributed by atoms with Crippen molar-refractivity contribution >= 4 is 27.3 Å². The largest absolute Gasteiger partial charge is 0.330 e. The first-order valence-electron chi connectivity index (χ1n) is 7.14. The molecule has 2 aromatic rings. The normalized spacial score (nSPS) is 13.0. The highest BCUT2D eigenvalue weighted by molar-refractivity contribution is 7.18. The van der Waals surface area contributed by atoms with E-state index in [1.807, 2.05) is 24.3 Å². The zero-order chi connectivity index (χ0) is 14.5. The van der Waals surface area contributed by atoms with E-state index in [4.69, 9.17) is 5.73 Å². The van der Waals surface area contributed by atoms with Crippen molar-refractivity contribution < 1.29 is 4.79 Å². The number of nitrogens with zero attached hydrogens (tertiary/aromatic N) is 1. The minimum absolute atomic E-state index is 0.250. The van der Waals surface area contributed by atoms with Crippen LogP contribution in [0.2, 0.25) is 0 Å². The summed E-state index contributed by atoms with van der Waals surface area (Å²) in [4.78, 5) is 16.7. The van der Waals surface area contributed by atoms with Crippen LogP contribution >= 0.6 is 11.3 Å². The fraction of sp³-hybridized carbons (Fsp3) is 0.500. The zero-order valence-corrected chi connectivity index (χ0v) is 13.0. The third kappa shape index (κ3) is 4.12. The van der Waals surface area contributed by atoms with E-state index in [1.165, 1.54) is 0 Å². The fourth-order valence-corrected chi connectivity index (χ4v) is 3.48. The van der Waals surface area contributed by atoms with Gasteiger partial charge in [-0.15, -0.1) is 11.3 Å². The van der Waals surface area contributed by atoms with Crippen LogP contribution in [0.5, 0.6) is 0 Å². The van der Waals surface area contributed by atoms with Crippen molar-refractivity contribution in [3.05, 3.63) is 29.3 Å². The Hall–Kier alpha value is -1.26. The van der Waals surface area contributed by atoms with Gasteiger partial charge in [0, 0.05) is 6.42 Å². The van der Waals surface area contributed by atoms with Crippen LogP contribution in [-0.4, -0.2) is 17.3 Å². The summed E-state index contributed by atoms with van der Waals surface area (Å²) in [5.74, 6) is 1.14. The molecule has 0 saturated heterocycles. The van der Waals surface area contributed by atoms with Gasteiger partial charge in [-0.3, -0.25) is 4.79 Å². The van der Waals surface area contributed by atoms with Crippen LogP contribution in [0.4, 0.5) is 0 Å². The lowest BCUT2D eigenvalue weighted by Gasteiger charge is -2.15. The molecule has 108 valence electrons. The number of rotatable bonds is 7. The number of hydrogen-bond acceptors (Lipinski definition) is 4. The van der Waals surface area contributed by atoms with Gasteiger partial charge in [0.05, 0.1) is 16.6 Å². The van der Waals surface area contributed by atoms with Gasteiger partial charge in [-0.2, -0.15) is 0 Å². The van der Waals surface area contributed by atoms with Crippen molar-refractivity contribution in [2.45, 2.75) is 33.1 Å². The van der Waals surface area contributed by atoms with Gasteiger partial charge in [-0.1, -0.05) is 26.0 Å². The van der Waals surface area contributed by atoms with E-state index in [2.05, 4.69) is 18.8 Å². The molecule has 0 aliphatic carbocycles. The number of ketones is 1. The first-order chi connectivity index (χ1) is 9.58. The molecule has 1 aromatic carbocycles. The molecule has 1 aromatic heterocycles. The Bertz CT molecular complexity index is 544. The van der Waals surface area contributed by atoms with Crippen molar-refractivity contribution in [2.75, 3.05) is 6.54 Å². The van der Waals surface area contributed by atoms with E-state index in [-0.39, 0.29) is 5.78 Å². The monoisotopic (exact) mass is 290 g/mol. The molecule has 4 heteroatoms. The Kier molecular flexibility index (Phi) is 5.26. The fourth-order valence-electron chi connectivity index (χ4n) is 2.49. The summed E-state index contributed by atoms with van der Waals surface area (Å²) in [6, 6.07) is 8.00. The second-order valence-corrected chi connectivity index (χ2v) is 6.84. The topological polar surface area (TPSA) is 56.0 Å². The van der Waals surface area contributed by atoms with Gasteiger partial charge < -0.3 is 5.73 Å². The third-order valence-corrected chi connectivity index (χ3v) is 4.38. The molecule has 0 amide bonds. The summed E-state index contributed by atoms with van der Waals surface area (Å²) < 4.78 is 1.15. The molecule has 0 spiro atoms. The van der Waals surface area contributed by atoms with Gasteiger partial charge in [0.15, 0.2) is 0 Å². The molecule has 0 radical (unpaired) electrons. The van der Waals surface area contributed by atoms with Crippen molar-refractivity contribution in [1.82, 2.24) is 4.98 Å². The first-order valence-corrected chi connectivity index (χ1v) is 7.96. The summed E-state index contributed by atoms with van der Waals surface area (Å²) in [5.41, 5.74) is 6.74. The van der Waals surface area contributed by atoms with Gasteiger partial charge in [0.25, 0.3) is 0 Å². The molecular formula is C16H22N2OS. The van der Waals surface area contributed by atoms with E-state index in [0.29, 0.717) is 31.2 Å². The van der Waals surface area contributed by atoms with Crippen LogP contribution in [-0.2, 0) is 11.2 Å². The summed E-state index contributed by atoms with van der Waals surface area (Å²) >= 11 is 1.61. The van der Waals surface area contributed by atoms with Gasteiger partial charge in [-0.05, 0) is 36.9 Å². The summed E-state index contributed by atoms with van der Waals surface area (Å²) in [5, 5.41) is 0.913. The third-order valence-electron chi connectivity index (χ3n) is 3.34. The van der Waals surface area contributed by atoms with Crippen LogP contribution in [0.1, 0.15) is 31.7 Å². The number of carbonyl (C=O) groups excluding carboxylic acids is 1. The number of carbonyl (C=O) groups is 1. The highest BCUT2D eigenvalue weighted by atomic mass is 32.1. The summed E-state index contributed by atoms with van der Waals surface area (Å²) in [6.45, 7) is 4.92. The van der Waals surface area contributed by atoms with Crippen LogP contribution in [0.3, 0.4) is 0 Å². The Balaban J connectivity index is 1.96. The van der Waals surface area contributed by atoms with E-state index in [9.17, 15) is 4.79 Å². The lowest BCUT2D eigenvalue weighted by molar-refractivity contribution is -0.119. The highest BCUT2D eigenvalue weighted by Crippen LogP contribution is 2.23. The smallest absolute Gasteiger partial charge is 0.140 e. The molecule has 0 aliphatic heterocycles. The SMILES string of the molecule is CC(C)CC(CN)CC(=O)Cc1nc2ccccc2s1. The Morgan fingerprint density at radius 2 is 2.10 bits per heavy atom. The molecule has 0 saturated carbocycles. The predicted molar refractivity (Wildman–Crippen MR) is 84.9 cm³/mol. The number of aromatic nitrogens is 1. The lowest BCUT2D eigenvalue weighted by Crippen LogP contribution is -2.20. The summed E-state index contributed by atoms with van der Waals surface area (Å²) in [7, 11) is 0. The standard InChI is InChI=1S/C16H22N2OS/c1-11(2)7-12(10-17)8-13(19)9-16-18-14-5-3-4-6-15(14)20-16/h3-6,11-12H,7-10,17H2,1-2H3. The molecule has 3 nitrogen and oxygen atoms in total. The van der Waals surface area contributed by atoms with Gasteiger partial charge >= 0.3 is 0 Å². The van der Waals surface area contributed by atoms with E-state index >= 15 is 0 Å². The van der Waals surface area contributed by atoms with Crippen LogP contribution < -0.4 is 5.73 Å². The molecule has 20 heavy (non-hydrogen) atoms. The maximum absolute atomic E-state index is 12.2. The lowest BCUT2D eigenvalue weighted by atomic mass is 9.92. The molecule has 0 bridgehead atoms. The Morgan fingerprint density at radius 3 is 2.75 bits per heavy atom. The van der Waals surface area contributed by atoms with Gasteiger partial charge in [0.1, 0.15) is 10.8 Å². The second-order valence-electron chi connectivity index (χ2n) is 5.73. The average molecular weight is 290 g/mol. The first kappa shape index (κ1) is 15.1.